The quantitative estimate of drug-likeness (QED) is 0.196. The summed E-state index contributed by atoms with van der Waals surface area (Å²) in [5, 5.41) is 2.57. The maximum absolute atomic E-state index is 3.60. The molecule has 2 unspecified atom stereocenters. The molecule has 8 aromatic rings. The van der Waals surface area contributed by atoms with Crippen molar-refractivity contribution >= 4 is 33.2 Å². The summed E-state index contributed by atoms with van der Waals surface area (Å²) in [5.41, 5.74) is 18.0. The van der Waals surface area contributed by atoms with Gasteiger partial charge in [-0.3, -0.25) is 0 Å². The Kier molecular flexibility index (Phi) is 8.37. The van der Waals surface area contributed by atoms with Crippen molar-refractivity contribution in [3.05, 3.63) is 204 Å². The van der Waals surface area contributed by atoms with E-state index in [0.29, 0.717) is 12.0 Å². The predicted octanol–water partition coefficient (Wildman–Crippen LogP) is 13.7. The summed E-state index contributed by atoms with van der Waals surface area (Å²) in [5.74, 6) is 0.357. The number of para-hydroxylation sites is 2. The number of benzene rings is 7. The molecule has 2 aliphatic rings. The number of hydrogen-bond donors (Lipinski definition) is 1. The largest absolute Gasteiger partial charge is 0.354 e. The van der Waals surface area contributed by atoms with E-state index in [1.165, 1.54) is 88.8 Å². The molecule has 1 N–H and O–H groups in total. The first-order valence-electron chi connectivity index (χ1n) is 18.6. The smallest absolute Gasteiger partial charge is 0.0629 e. The van der Waals surface area contributed by atoms with Crippen LogP contribution in [0.5, 0.6) is 0 Å². The first-order chi connectivity index (χ1) is 26.0. The van der Waals surface area contributed by atoms with Crippen molar-refractivity contribution in [1.82, 2.24) is 4.98 Å². The Balaban J connectivity index is 0.000000224. The lowest BCUT2D eigenvalue weighted by Crippen LogP contribution is -2.28. The lowest BCUT2D eigenvalue weighted by Gasteiger charge is -2.28. The van der Waals surface area contributed by atoms with E-state index < -0.39 is 0 Å². The summed E-state index contributed by atoms with van der Waals surface area (Å²) in [6.45, 7) is 6.50. The van der Waals surface area contributed by atoms with Gasteiger partial charge in [0.2, 0.25) is 0 Å². The molecule has 0 radical (unpaired) electrons. The zero-order valence-corrected chi connectivity index (χ0v) is 30.4. The topological polar surface area (TPSA) is 19.0 Å². The summed E-state index contributed by atoms with van der Waals surface area (Å²) >= 11 is 0. The molecule has 1 aliphatic heterocycles. The normalized spacial score (nSPS) is 15.6. The van der Waals surface area contributed by atoms with Gasteiger partial charge in [-0.2, -0.15) is 0 Å². The van der Waals surface area contributed by atoms with Crippen LogP contribution >= 0.6 is 0 Å². The van der Waals surface area contributed by atoms with Crippen molar-refractivity contribution in [2.75, 3.05) is 4.90 Å². The van der Waals surface area contributed by atoms with Crippen LogP contribution in [-0.4, -0.2) is 11.0 Å². The van der Waals surface area contributed by atoms with Gasteiger partial charge in [0.1, 0.15) is 0 Å². The molecule has 7 aromatic carbocycles. The summed E-state index contributed by atoms with van der Waals surface area (Å²) in [7, 11) is 0. The highest BCUT2D eigenvalue weighted by molar-refractivity contribution is 6.09. The van der Waals surface area contributed by atoms with Crippen molar-refractivity contribution in [1.29, 1.82) is 0 Å². The Hall–Kier alpha value is -6.38. The molecule has 0 spiro atoms. The Labute approximate surface area is 312 Å². The van der Waals surface area contributed by atoms with Crippen LogP contribution in [0.2, 0.25) is 0 Å². The Morgan fingerprint density at radius 2 is 1.08 bits per heavy atom. The van der Waals surface area contributed by atoms with Crippen LogP contribution in [0.1, 0.15) is 28.2 Å². The maximum Gasteiger partial charge on any atom is 0.0629 e. The number of nitrogens with one attached hydrogen (secondary N) is 1. The fourth-order valence-corrected chi connectivity index (χ4v) is 8.31. The number of rotatable bonds is 4. The number of allylic oxidation sites excluding steroid dienone is 2. The molecule has 1 aromatic heterocycles. The summed E-state index contributed by atoms with van der Waals surface area (Å²) in [6.07, 6.45) is 9.05. The standard InChI is InChI=1S/C37H28N2.C14H14/c1-24-21-28(23-33-30-11-5-7-13-34(30)38-37(24)33)26-17-15-25(16-18-26)27-19-20-36-32(22-27)31-12-6-8-14-35(31)39(36)29-9-3-2-4-10-29;1-11-7-3-5-9-13(11)14-10-6-4-8-12(14)2/h2-23,31,35,38H,1H3;3-10H,1-2H3. The number of H-pyrrole nitrogens is 1. The second kappa shape index (κ2) is 13.6. The molecule has 2 heteroatoms. The van der Waals surface area contributed by atoms with Gasteiger partial charge >= 0.3 is 0 Å². The van der Waals surface area contributed by atoms with E-state index in [2.05, 4.69) is 213 Å². The SMILES string of the molecule is Cc1cc(-c2ccc(-c3ccc4c(c3)C3C=CC=CC3N4c3ccccc3)cc2)cc2c1[nH]c1ccccc12.Cc1ccccc1-c1ccccc1C. The molecule has 0 amide bonds. The fourth-order valence-electron chi connectivity index (χ4n) is 8.31. The molecule has 0 saturated carbocycles. The molecule has 10 rings (SSSR count). The van der Waals surface area contributed by atoms with Gasteiger partial charge in [0.25, 0.3) is 0 Å². The van der Waals surface area contributed by atoms with E-state index in [0.717, 1.165) is 0 Å². The van der Waals surface area contributed by atoms with Gasteiger partial charge in [-0.15, -0.1) is 0 Å². The van der Waals surface area contributed by atoms with Crippen LogP contribution in [0.15, 0.2) is 182 Å². The van der Waals surface area contributed by atoms with Gasteiger partial charge in [-0.25, -0.2) is 0 Å². The number of nitrogens with zero attached hydrogens (tertiary/aromatic N) is 1. The van der Waals surface area contributed by atoms with Gasteiger partial charge in [-0.05, 0) is 119 Å². The molecular weight excluding hydrogens is 641 g/mol. The number of hydrogen-bond acceptors (Lipinski definition) is 1. The van der Waals surface area contributed by atoms with Gasteiger partial charge in [0, 0.05) is 39.1 Å². The van der Waals surface area contributed by atoms with E-state index in [1.54, 1.807) is 0 Å². The van der Waals surface area contributed by atoms with E-state index in [9.17, 15) is 0 Å². The van der Waals surface area contributed by atoms with Gasteiger partial charge in [-0.1, -0.05) is 140 Å². The van der Waals surface area contributed by atoms with Crippen LogP contribution in [0.25, 0.3) is 55.2 Å². The highest BCUT2D eigenvalue weighted by Crippen LogP contribution is 2.48. The minimum Gasteiger partial charge on any atom is -0.354 e. The van der Waals surface area contributed by atoms with Crippen LogP contribution < -0.4 is 4.90 Å². The van der Waals surface area contributed by atoms with E-state index in [-0.39, 0.29) is 0 Å². The van der Waals surface area contributed by atoms with Crippen LogP contribution in [0.3, 0.4) is 0 Å². The van der Waals surface area contributed by atoms with Crippen molar-refractivity contribution in [2.45, 2.75) is 32.7 Å². The monoisotopic (exact) mass is 682 g/mol. The molecule has 2 atom stereocenters. The number of fused-ring (bicyclic) bond motifs is 6. The summed E-state index contributed by atoms with van der Waals surface area (Å²) in [6, 6.07) is 57.3. The third-order valence-corrected chi connectivity index (χ3v) is 11.0. The predicted molar refractivity (Wildman–Crippen MR) is 226 cm³/mol. The van der Waals surface area contributed by atoms with E-state index in [4.69, 9.17) is 0 Å². The summed E-state index contributed by atoms with van der Waals surface area (Å²) < 4.78 is 0. The lowest BCUT2D eigenvalue weighted by atomic mass is 9.89. The molecule has 0 fully saturated rings. The van der Waals surface area contributed by atoms with Crippen LogP contribution in [0.4, 0.5) is 11.4 Å². The number of aromatic nitrogens is 1. The van der Waals surface area contributed by atoms with Crippen molar-refractivity contribution in [3.8, 4) is 33.4 Å². The van der Waals surface area contributed by atoms with E-state index >= 15 is 0 Å². The molecule has 0 bridgehead atoms. The second-order valence-electron chi connectivity index (χ2n) is 14.4. The average Bonchev–Trinajstić information content (AvgIpc) is 3.75. The average molecular weight is 683 g/mol. The number of anilines is 2. The minimum atomic E-state index is 0.313. The highest BCUT2D eigenvalue weighted by Gasteiger charge is 2.37. The molecular formula is C51H42N2. The Morgan fingerprint density at radius 1 is 0.472 bits per heavy atom. The minimum absolute atomic E-state index is 0.313. The Bertz CT molecular complexity index is 2610. The molecule has 2 nitrogen and oxygen atoms in total. The van der Waals surface area contributed by atoms with Gasteiger partial charge < -0.3 is 9.88 Å². The van der Waals surface area contributed by atoms with E-state index in [1.807, 2.05) is 0 Å². The first-order valence-corrected chi connectivity index (χ1v) is 18.6. The molecule has 1 aliphatic carbocycles. The van der Waals surface area contributed by atoms with Crippen LogP contribution in [0, 0.1) is 20.8 Å². The fraction of sp³-hybridized carbons (Fsp3) is 0.0980. The Morgan fingerprint density at radius 3 is 1.79 bits per heavy atom. The van der Waals surface area contributed by atoms with Crippen molar-refractivity contribution in [3.63, 3.8) is 0 Å². The first kappa shape index (κ1) is 32.5. The second-order valence-corrected chi connectivity index (χ2v) is 14.4. The number of aromatic amines is 1. The maximum atomic E-state index is 3.60. The zero-order valence-electron chi connectivity index (χ0n) is 30.4. The number of aryl methyl sites for hydroxylation is 3. The molecule has 2 heterocycles. The zero-order chi connectivity index (χ0) is 35.9. The molecule has 53 heavy (non-hydrogen) atoms. The third kappa shape index (κ3) is 5.97. The molecule has 0 saturated heterocycles. The van der Waals surface area contributed by atoms with Crippen LogP contribution in [-0.2, 0) is 0 Å². The van der Waals surface area contributed by atoms with Gasteiger partial charge in [0.05, 0.1) is 6.04 Å². The highest BCUT2D eigenvalue weighted by atomic mass is 15.2. The van der Waals surface area contributed by atoms with Gasteiger partial charge in [0.15, 0.2) is 0 Å². The summed E-state index contributed by atoms with van der Waals surface area (Å²) in [4.78, 5) is 6.08. The molecule has 256 valence electrons. The van der Waals surface area contributed by atoms with Crippen molar-refractivity contribution in [2.24, 2.45) is 0 Å². The lowest BCUT2D eigenvalue weighted by molar-refractivity contribution is 0.745. The third-order valence-electron chi connectivity index (χ3n) is 11.0. The van der Waals surface area contributed by atoms with Crippen molar-refractivity contribution < 1.29 is 0 Å².